The number of halogens is 2. The van der Waals surface area contributed by atoms with E-state index < -0.39 is 0 Å². The maximum Gasteiger partial charge on any atom is 0.261 e. The van der Waals surface area contributed by atoms with Gasteiger partial charge in [0.25, 0.3) is 5.91 Å². The standard InChI is InChI=1S/C24H18Cl2N2O2S/c25-20-11-6-9-17(22(20)26)13-18-14-27-24(31-18)28-23(29)19-10-4-5-12-21(19)30-15-16-7-2-1-3-8-16/h1-12,14H,13,15H2,(H,27,28,29). The molecule has 0 saturated carbocycles. The molecular formula is C24H18Cl2N2O2S. The molecule has 7 heteroatoms. The molecule has 0 aliphatic heterocycles. The molecule has 0 saturated heterocycles. The number of ether oxygens (including phenoxy) is 1. The van der Waals surface area contributed by atoms with Crippen molar-refractivity contribution in [2.45, 2.75) is 13.0 Å². The van der Waals surface area contributed by atoms with Crippen molar-refractivity contribution in [2.24, 2.45) is 0 Å². The van der Waals surface area contributed by atoms with E-state index in [0.717, 1.165) is 16.0 Å². The number of carbonyl (C=O) groups is 1. The molecule has 0 atom stereocenters. The minimum Gasteiger partial charge on any atom is -0.488 e. The Morgan fingerprint density at radius 1 is 0.968 bits per heavy atom. The van der Waals surface area contributed by atoms with Crippen molar-refractivity contribution in [3.8, 4) is 5.75 Å². The van der Waals surface area contributed by atoms with Gasteiger partial charge in [-0.25, -0.2) is 4.98 Å². The van der Waals surface area contributed by atoms with Gasteiger partial charge < -0.3 is 4.74 Å². The highest BCUT2D eigenvalue weighted by molar-refractivity contribution is 7.15. The molecule has 1 N–H and O–H groups in total. The fourth-order valence-electron chi connectivity index (χ4n) is 3.00. The lowest BCUT2D eigenvalue weighted by molar-refractivity contribution is 0.102. The van der Waals surface area contributed by atoms with Crippen LogP contribution in [0, 0.1) is 0 Å². The first-order valence-corrected chi connectivity index (χ1v) is 11.1. The summed E-state index contributed by atoms with van der Waals surface area (Å²) >= 11 is 13.8. The van der Waals surface area contributed by atoms with Crippen molar-refractivity contribution in [2.75, 3.05) is 5.32 Å². The Bertz CT molecular complexity index is 1200. The van der Waals surface area contributed by atoms with Gasteiger partial charge >= 0.3 is 0 Å². The summed E-state index contributed by atoms with van der Waals surface area (Å²) < 4.78 is 5.89. The Balaban J connectivity index is 1.44. The summed E-state index contributed by atoms with van der Waals surface area (Å²) in [4.78, 5) is 18.1. The molecule has 4 nitrogen and oxygen atoms in total. The van der Waals surface area contributed by atoms with E-state index in [0.29, 0.717) is 39.5 Å². The quantitative estimate of drug-likeness (QED) is 0.321. The van der Waals surface area contributed by atoms with Crippen LogP contribution in [0.4, 0.5) is 5.13 Å². The Hall–Kier alpha value is -2.86. The number of para-hydroxylation sites is 1. The van der Waals surface area contributed by atoms with Crippen molar-refractivity contribution in [1.29, 1.82) is 0 Å². The van der Waals surface area contributed by atoms with Crippen LogP contribution < -0.4 is 10.1 Å². The number of nitrogens with zero attached hydrogens (tertiary/aromatic N) is 1. The SMILES string of the molecule is O=C(Nc1ncc(Cc2cccc(Cl)c2Cl)s1)c1ccccc1OCc1ccccc1. The van der Waals surface area contributed by atoms with Crippen molar-refractivity contribution in [1.82, 2.24) is 4.98 Å². The van der Waals surface area contributed by atoms with Crippen LogP contribution in [0.25, 0.3) is 0 Å². The number of anilines is 1. The molecule has 1 heterocycles. The van der Waals surface area contributed by atoms with Crippen LogP contribution in [0.2, 0.25) is 10.0 Å². The van der Waals surface area contributed by atoms with Crippen molar-refractivity contribution in [3.63, 3.8) is 0 Å². The lowest BCUT2D eigenvalue weighted by Crippen LogP contribution is -2.13. The Morgan fingerprint density at radius 3 is 2.58 bits per heavy atom. The molecule has 0 fully saturated rings. The molecule has 0 aliphatic carbocycles. The average Bonchev–Trinajstić information content (AvgIpc) is 3.23. The van der Waals surface area contributed by atoms with Crippen LogP contribution in [0.5, 0.6) is 5.75 Å². The predicted octanol–water partition coefficient (Wildman–Crippen LogP) is 6.87. The van der Waals surface area contributed by atoms with E-state index in [2.05, 4.69) is 10.3 Å². The highest BCUT2D eigenvalue weighted by Crippen LogP contribution is 2.30. The fraction of sp³-hybridized carbons (Fsp3) is 0.0833. The summed E-state index contributed by atoms with van der Waals surface area (Å²) in [6.07, 6.45) is 2.32. The van der Waals surface area contributed by atoms with Gasteiger partial charge in [-0.05, 0) is 29.3 Å². The first-order chi connectivity index (χ1) is 15.1. The van der Waals surface area contributed by atoms with Crippen LogP contribution in [0.1, 0.15) is 26.4 Å². The minimum atomic E-state index is -0.273. The second-order valence-corrected chi connectivity index (χ2v) is 8.65. The average molecular weight is 469 g/mol. The van der Waals surface area contributed by atoms with Gasteiger partial charge in [0.15, 0.2) is 5.13 Å². The number of benzene rings is 3. The number of hydrogen-bond donors (Lipinski definition) is 1. The highest BCUT2D eigenvalue weighted by Gasteiger charge is 2.15. The summed E-state index contributed by atoms with van der Waals surface area (Å²) in [6.45, 7) is 0.382. The maximum atomic E-state index is 12.8. The van der Waals surface area contributed by atoms with Crippen molar-refractivity contribution < 1.29 is 9.53 Å². The van der Waals surface area contributed by atoms with Gasteiger partial charge in [-0.3, -0.25) is 10.1 Å². The van der Waals surface area contributed by atoms with E-state index in [9.17, 15) is 4.79 Å². The van der Waals surface area contributed by atoms with Gasteiger partial charge in [0.2, 0.25) is 0 Å². The van der Waals surface area contributed by atoms with E-state index in [1.54, 1.807) is 30.5 Å². The van der Waals surface area contributed by atoms with Gasteiger partial charge in [0.1, 0.15) is 12.4 Å². The number of carbonyl (C=O) groups excluding carboxylic acids is 1. The molecule has 0 aliphatic rings. The molecular weight excluding hydrogens is 451 g/mol. The van der Waals surface area contributed by atoms with Crippen molar-refractivity contribution in [3.05, 3.63) is 111 Å². The third kappa shape index (κ3) is 5.44. The first-order valence-electron chi connectivity index (χ1n) is 9.55. The largest absolute Gasteiger partial charge is 0.488 e. The number of amides is 1. The molecule has 4 aromatic rings. The predicted molar refractivity (Wildman–Crippen MR) is 127 cm³/mol. The third-order valence-electron chi connectivity index (χ3n) is 4.54. The minimum absolute atomic E-state index is 0.273. The first kappa shape index (κ1) is 21.4. The van der Waals surface area contributed by atoms with Crippen LogP contribution in [0.3, 0.4) is 0 Å². The van der Waals surface area contributed by atoms with Gasteiger partial charge in [0, 0.05) is 17.5 Å². The lowest BCUT2D eigenvalue weighted by atomic mass is 10.1. The van der Waals surface area contributed by atoms with E-state index in [1.807, 2.05) is 48.5 Å². The summed E-state index contributed by atoms with van der Waals surface area (Å²) in [7, 11) is 0. The zero-order chi connectivity index (χ0) is 21.6. The number of hydrogen-bond acceptors (Lipinski definition) is 4. The van der Waals surface area contributed by atoms with Gasteiger partial charge in [0.05, 0.1) is 15.6 Å². The van der Waals surface area contributed by atoms with Gasteiger partial charge in [-0.15, -0.1) is 11.3 Å². The normalized spacial score (nSPS) is 10.6. The molecule has 0 unspecified atom stereocenters. The van der Waals surface area contributed by atoms with E-state index in [1.165, 1.54) is 11.3 Å². The molecule has 4 rings (SSSR count). The Kier molecular flexibility index (Phi) is 6.87. The summed E-state index contributed by atoms with van der Waals surface area (Å²) in [5.41, 5.74) is 2.39. The molecule has 0 bridgehead atoms. The zero-order valence-corrected chi connectivity index (χ0v) is 18.7. The summed E-state index contributed by atoms with van der Waals surface area (Å²) in [5, 5.41) is 4.42. The number of thiazole rings is 1. The Labute approximate surface area is 194 Å². The molecule has 31 heavy (non-hydrogen) atoms. The maximum absolute atomic E-state index is 12.8. The summed E-state index contributed by atoms with van der Waals surface area (Å²) in [6, 6.07) is 22.5. The van der Waals surface area contributed by atoms with Crippen LogP contribution in [-0.2, 0) is 13.0 Å². The smallest absolute Gasteiger partial charge is 0.261 e. The van der Waals surface area contributed by atoms with E-state index in [-0.39, 0.29) is 5.91 Å². The Morgan fingerprint density at radius 2 is 1.74 bits per heavy atom. The van der Waals surface area contributed by atoms with Crippen LogP contribution in [0.15, 0.2) is 79.0 Å². The van der Waals surface area contributed by atoms with Crippen molar-refractivity contribution >= 4 is 45.6 Å². The molecule has 156 valence electrons. The highest BCUT2D eigenvalue weighted by atomic mass is 35.5. The van der Waals surface area contributed by atoms with Gasteiger partial charge in [-0.2, -0.15) is 0 Å². The lowest BCUT2D eigenvalue weighted by Gasteiger charge is -2.11. The zero-order valence-electron chi connectivity index (χ0n) is 16.3. The van der Waals surface area contributed by atoms with Crippen LogP contribution in [-0.4, -0.2) is 10.9 Å². The molecule has 1 amide bonds. The molecule has 1 aromatic heterocycles. The topological polar surface area (TPSA) is 51.2 Å². The molecule has 0 spiro atoms. The second kappa shape index (κ2) is 9.96. The number of rotatable bonds is 7. The summed E-state index contributed by atoms with van der Waals surface area (Å²) in [5.74, 6) is 0.247. The third-order valence-corrected chi connectivity index (χ3v) is 6.31. The van der Waals surface area contributed by atoms with Crippen LogP contribution >= 0.6 is 34.5 Å². The monoisotopic (exact) mass is 468 g/mol. The number of nitrogens with one attached hydrogen (secondary N) is 1. The van der Waals surface area contributed by atoms with E-state index in [4.69, 9.17) is 27.9 Å². The second-order valence-electron chi connectivity index (χ2n) is 6.75. The molecule has 0 radical (unpaired) electrons. The number of aromatic nitrogens is 1. The van der Waals surface area contributed by atoms with E-state index >= 15 is 0 Å². The fourth-order valence-corrected chi connectivity index (χ4v) is 4.22. The van der Waals surface area contributed by atoms with Gasteiger partial charge in [-0.1, -0.05) is 77.8 Å². The molecule has 3 aromatic carbocycles.